The number of aromatic nitrogens is 2. The van der Waals surface area contributed by atoms with Gasteiger partial charge in [-0.2, -0.15) is 0 Å². The lowest BCUT2D eigenvalue weighted by atomic mass is 10.2. The van der Waals surface area contributed by atoms with Gasteiger partial charge in [0.25, 0.3) is 0 Å². The predicted octanol–water partition coefficient (Wildman–Crippen LogP) is 3.21. The molecule has 0 spiro atoms. The Morgan fingerprint density at radius 3 is 2.77 bits per heavy atom. The third kappa shape index (κ3) is 3.84. The van der Waals surface area contributed by atoms with Gasteiger partial charge in [0.2, 0.25) is 5.13 Å². The average molecular weight is 339 g/mol. The molecule has 0 saturated carbocycles. The minimum atomic E-state index is 0.371. The maximum Gasteiger partial charge on any atom is 0.205 e. The standard InChI is InChI=1S/C15H22N4OS2/c1-11(2)14-17-18-15(22-14)16-10-12(13-4-3-9-21-13)19-5-7-20-8-6-19/h3-4,9,11-12H,5-8,10H2,1-2H3,(H,16,18). The molecular weight excluding hydrogens is 316 g/mol. The van der Waals surface area contributed by atoms with E-state index in [1.54, 1.807) is 11.3 Å². The van der Waals surface area contributed by atoms with Gasteiger partial charge in [-0.3, -0.25) is 4.90 Å². The van der Waals surface area contributed by atoms with Crippen LogP contribution in [0.1, 0.15) is 35.7 Å². The summed E-state index contributed by atoms with van der Waals surface area (Å²) in [6.07, 6.45) is 0. The number of hydrogen-bond donors (Lipinski definition) is 1. The van der Waals surface area contributed by atoms with Crippen molar-refractivity contribution in [3.8, 4) is 0 Å². The molecule has 3 rings (SSSR count). The van der Waals surface area contributed by atoms with Crippen LogP contribution >= 0.6 is 22.7 Å². The van der Waals surface area contributed by atoms with Gasteiger partial charge < -0.3 is 10.1 Å². The van der Waals surface area contributed by atoms with Crippen LogP contribution in [0.25, 0.3) is 0 Å². The Hall–Kier alpha value is -1.02. The zero-order chi connectivity index (χ0) is 15.4. The van der Waals surface area contributed by atoms with E-state index < -0.39 is 0 Å². The highest BCUT2D eigenvalue weighted by molar-refractivity contribution is 7.15. The van der Waals surface area contributed by atoms with E-state index in [1.165, 1.54) is 4.88 Å². The van der Waals surface area contributed by atoms with Crippen LogP contribution in [0.3, 0.4) is 0 Å². The van der Waals surface area contributed by atoms with Crippen molar-refractivity contribution in [1.29, 1.82) is 0 Å². The fraction of sp³-hybridized carbons (Fsp3) is 0.600. The number of ether oxygens (including phenoxy) is 1. The summed E-state index contributed by atoms with van der Waals surface area (Å²) in [6, 6.07) is 4.71. The fourth-order valence-electron chi connectivity index (χ4n) is 2.50. The molecule has 120 valence electrons. The SMILES string of the molecule is CC(C)c1nnc(NCC(c2cccs2)N2CCOCC2)s1. The van der Waals surface area contributed by atoms with E-state index in [0.29, 0.717) is 12.0 Å². The molecule has 3 heterocycles. The molecule has 0 radical (unpaired) electrons. The summed E-state index contributed by atoms with van der Waals surface area (Å²) in [5.41, 5.74) is 0. The first kappa shape index (κ1) is 15.9. The van der Waals surface area contributed by atoms with Crippen molar-refractivity contribution in [2.75, 3.05) is 38.2 Å². The number of thiophene rings is 1. The Kier molecular flexibility index (Phi) is 5.41. The van der Waals surface area contributed by atoms with Crippen LogP contribution in [-0.2, 0) is 4.74 Å². The van der Waals surface area contributed by atoms with Gasteiger partial charge in [-0.25, -0.2) is 0 Å². The average Bonchev–Trinajstić information content (AvgIpc) is 3.20. The second-order valence-electron chi connectivity index (χ2n) is 5.66. The van der Waals surface area contributed by atoms with E-state index in [1.807, 2.05) is 11.3 Å². The molecule has 2 aromatic heterocycles. The lowest BCUT2D eigenvalue weighted by Crippen LogP contribution is -2.41. The van der Waals surface area contributed by atoms with E-state index in [4.69, 9.17) is 4.74 Å². The van der Waals surface area contributed by atoms with Gasteiger partial charge in [0, 0.05) is 30.4 Å². The van der Waals surface area contributed by atoms with Crippen LogP contribution in [0, 0.1) is 0 Å². The van der Waals surface area contributed by atoms with Crippen molar-refractivity contribution in [3.05, 3.63) is 27.4 Å². The second-order valence-corrected chi connectivity index (χ2v) is 7.65. The summed E-state index contributed by atoms with van der Waals surface area (Å²) >= 11 is 3.47. The van der Waals surface area contributed by atoms with Crippen molar-refractivity contribution >= 4 is 27.8 Å². The molecule has 1 unspecified atom stereocenters. The molecule has 1 saturated heterocycles. The number of anilines is 1. The Labute approximate surface area is 139 Å². The summed E-state index contributed by atoms with van der Waals surface area (Å²) < 4.78 is 5.48. The number of rotatable bonds is 6. The minimum Gasteiger partial charge on any atom is -0.379 e. The van der Waals surface area contributed by atoms with Crippen LogP contribution in [0.2, 0.25) is 0 Å². The molecule has 1 atom stereocenters. The zero-order valence-electron chi connectivity index (χ0n) is 13.0. The number of nitrogens with zero attached hydrogens (tertiary/aromatic N) is 3. The maximum absolute atomic E-state index is 5.48. The van der Waals surface area contributed by atoms with Crippen LogP contribution in [-0.4, -0.2) is 47.9 Å². The van der Waals surface area contributed by atoms with E-state index in [0.717, 1.165) is 43.0 Å². The monoisotopic (exact) mass is 338 g/mol. The predicted molar refractivity (Wildman–Crippen MR) is 91.9 cm³/mol. The van der Waals surface area contributed by atoms with Gasteiger partial charge in [0.1, 0.15) is 5.01 Å². The molecule has 0 amide bonds. The van der Waals surface area contributed by atoms with E-state index in [9.17, 15) is 0 Å². The molecule has 1 aliphatic heterocycles. The van der Waals surface area contributed by atoms with Crippen molar-refractivity contribution in [2.45, 2.75) is 25.8 Å². The number of nitrogens with one attached hydrogen (secondary N) is 1. The van der Waals surface area contributed by atoms with Crippen LogP contribution in [0.5, 0.6) is 0 Å². The summed E-state index contributed by atoms with van der Waals surface area (Å²) in [4.78, 5) is 3.88. The lowest BCUT2D eigenvalue weighted by Gasteiger charge is -2.34. The Bertz CT molecular complexity index is 564. The van der Waals surface area contributed by atoms with Crippen molar-refractivity contribution in [2.24, 2.45) is 0 Å². The molecule has 0 aliphatic carbocycles. The van der Waals surface area contributed by atoms with Crippen LogP contribution in [0.15, 0.2) is 17.5 Å². The first-order valence-corrected chi connectivity index (χ1v) is 9.36. The molecule has 7 heteroatoms. The minimum absolute atomic E-state index is 0.371. The summed E-state index contributed by atoms with van der Waals surface area (Å²) in [6.45, 7) is 8.75. The molecule has 1 fully saturated rings. The van der Waals surface area contributed by atoms with E-state index in [-0.39, 0.29) is 0 Å². The topological polar surface area (TPSA) is 50.3 Å². The zero-order valence-corrected chi connectivity index (χ0v) is 14.6. The first-order valence-electron chi connectivity index (χ1n) is 7.66. The molecule has 5 nitrogen and oxygen atoms in total. The molecule has 0 aromatic carbocycles. The Morgan fingerprint density at radius 1 is 1.32 bits per heavy atom. The summed E-state index contributed by atoms with van der Waals surface area (Å²) in [5.74, 6) is 0.431. The smallest absolute Gasteiger partial charge is 0.205 e. The van der Waals surface area contributed by atoms with Crippen molar-refractivity contribution < 1.29 is 4.74 Å². The van der Waals surface area contributed by atoms with E-state index in [2.05, 4.69) is 51.8 Å². The van der Waals surface area contributed by atoms with Gasteiger partial charge in [-0.15, -0.1) is 21.5 Å². The normalized spacial score (nSPS) is 17.8. The molecule has 2 aromatic rings. The second kappa shape index (κ2) is 7.50. The molecule has 1 aliphatic rings. The van der Waals surface area contributed by atoms with Crippen LogP contribution in [0.4, 0.5) is 5.13 Å². The summed E-state index contributed by atoms with van der Waals surface area (Å²) in [5, 5.41) is 16.1. The molecule has 1 N–H and O–H groups in total. The lowest BCUT2D eigenvalue weighted by molar-refractivity contribution is 0.0194. The van der Waals surface area contributed by atoms with Gasteiger partial charge in [0.05, 0.1) is 19.3 Å². The van der Waals surface area contributed by atoms with E-state index >= 15 is 0 Å². The van der Waals surface area contributed by atoms with Gasteiger partial charge in [0.15, 0.2) is 0 Å². The highest BCUT2D eigenvalue weighted by Gasteiger charge is 2.23. The quantitative estimate of drug-likeness (QED) is 0.876. The largest absolute Gasteiger partial charge is 0.379 e. The first-order chi connectivity index (χ1) is 10.7. The molecule has 22 heavy (non-hydrogen) atoms. The maximum atomic E-state index is 5.48. The van der Waals surface area contributed by atoms with Gasteiger partial charge >= 0.3 is 0 Å². The van der Waals surface area contributed by atoms with Crippen LogP contribution < -0.4 is 5.32 Å². The highest BCUT2D eigenvalue weighted by Crippen LogP contribution is 2.28. The molecule has 0 bridgehead atoms. The fourth-order valence-corrected chi connectivity index (χ4v) is 4.12. The van der Waals surface area contributed by atoms with Gasteiger partial charge in [-0.1, -0.05) is 31.3 Å². The number of morpholine rings is 1. The number of hydrogen-bond acceptors (Lipinski definition) is 7. The summed E-state index contributed by atoms with van der Waals surface area (Å²) in [7, 11) is 0. The van der Waals surface area contributed by atoms with Gasteiger partial charge in [-0.05, 0) is 11.4 Å². The third-order valence-electron chi connectivity index (χ3n) is 3.74. The molecular formula is C15H22N4OS2. The van der Waals surface area contributed by atoms with Crippen molar-refractivity contribution in [3.63, 3.8) is 0 Å². The third-order valence-corrected chi connectivity index (χ3v) is 5.89. The highest BCUT2D eigenvalue weighted by atomic mass is 32.1. The Balaban J connectivity index is 1.66. The Morgan fingerprint density at radius 2 is 2.14 bits per heavy atom. The van der Waals surface area contributed by atoms with Crippen molar-refractivity contribution in [1.82, 2.24) is 15.1 Å².